The van der Waals surface area contributed by atoms with E-state index in [-0.39, 0.29) is 6.04 Å². The standard InChI is InChI=1S/C13H18F2N2/c1-8-6-10(12(15)7-11(8)14)13(17-16)9-4-2-3-5-9/h6-7,9,13,17H,2-5,16H2,1H3. The Morgan fingerprint density at radius 2 is 1.88 bits per heavy atom. The summed E-state index contributed by atoms with van der Waals surface area (Å²) in [7, 11) is 0. The fourth-order valence-electron chi connectivity index (χ4n) is 2.69. The second-order valence-corrected chi connectivity index (χ2v) is 4.81. The van der Waals surface area contributed by atoms with Crippen LogP contribution in [0.4, 0.5) is 8.78 Å². The third kappa shape index (κ3) is 2.48. The van der Waals surface area contributed by atoms with Crippen molar-refractivity contribution < 1.29 is 8.78 Å². The second-order valence-electron chi connectivity index (χ2n) is 4.81. The predicted octanol–water partition coefficient (Wildman–Crippen LogP) is 2.97. The van der Waals surface area contributed by atoms with E-state index in [2.05, 4.69) is 5.43 Å². The van der Waals surface area contributed by atoms with Crippen molar-refractivity contribution in [3.05, 3.63) is 34.9 Å². The first kappa shape index (κ1) is 12.5. The second kappa shape index (κ2) is 5.10. The molecule has 4 heteroatoms. The Labute approximate surface area is 100 Å². The molecule has 0 aliphatic heterocycles. The average molecular weight is 240 g/mol. The SMILES string of the molecule is Cc1cc(C(NN)C2CCCC2)c(F)cc1F. The summed E-state index contributed by atoms with van der Waals surface area (Å²) in [5.41, 5.74) is 3.63. The van der Waals surface area contributed by atoms with Crippen LogP contribution >= 0.6 is 0 Å². The van der Waals surface area contributed by atoms with Crippen LogP contribution in [-0.2, 0) is 0 Å². The van der Waals surface area contributed by atoms with E-state index in [0.29, 0.717) is 17.0 Å². The van der Waals surface area contributed by atoms with E-state index in [9.17, 15) is 8.78 Å². The van der Waals surface area contributed by atoms with Crippen molar-refractivity contribution in [1.29, 1.82) is 0 Å². The first-order valence-corrected chi connectivity index (χ1v) is 6.05. The molecule has 0 saturated heterocycles. The van der Waals surface area contributed by atoms with Gasteiger partial charge in [0.15, 0.2) is 0 Å². The van der Waals surface area contributed by atoms with Gasteiger partial charge >= 0.3 is 0 Å². The van der Waals surface area contributed by atoms with Gasteiger partial charge in [0.2, 0.25) is 0 Å². The van der Waals surface area contributed by atoms with Crippen molar-refractivity contribution in [2.75, 3.05) is 0 Å². The Morgan fingerprint density at radius 1 is 1.24 bits per heavy atom. The average Bonchev–Trinajstić information content (AvgIpc) is 2.80. The highest BCUT2D eigenvalue weighted by atomic mass is 19.1. The zero-order chi connectivity index (χ0) is 12.4. The summed E-state index contributed by atoms with van der Waals surface area (Å²) < 4.78 is 27.0. The maximum Gasteiger partial charge on any atom is 0.130 e. The molecule has 1 atom stereocenters. The summed E-state index contributed by atoms with van der Waals surface area (Å²) in [5.74, 6) is 4.86. The maximum atomic E-state index is 13.8. The molecule has 0 amide bonds. The van der Waals surface area contributed by atoms with Gasteiger partial charge in [0.1, 0.15) is 11.6 Å². The number of hydrazine groups is 1. The van der Waals surface area contributed by atoms with Crippen molar-refractivity contribution in [2.45, 2.75) is 38.6 Å². The highest BCUT2D eigenvalue weighted by Crippen LogP contribution is 2.36. The quantitative estimate of drug-likeness (QED) is 0.629. The molecule has 0 bridgehead atoms. The van der Waals surface area contributed by atoms with Crippen LogP contribution < -0.4 is 11.3 Å². The third-order valence-electron chi connectivity index (χ3n) is 3.66. The molecular formula is C13H18F2N2. The molecular weight excluding hydrogens is 222 g/mol. The third-order valence-corrected chi connectivity index (χ3v) is 3.66. The monoisotopic (exact) mass is 240 g/mol. The zero-order valence-corrected chi connectivity index (χ0v) is 9.97. The van der Waals surface area contributed by atoms with E-state index < -0.39 is 11.6 Å². The zero-order valence-electron chi connectivity index (χ0n) is 9.97. The number of hydrogen-bond acceptors (Lipinski definition) is 2. The van der Waals surface area contributed by atoms with Crippen LogP contribution in [0.2, 0.25) is 0 Å². The number of nitrogens with two attached hydrogens (primary N) is 1. The molecule has 1 aliphatic rings. The van der Waals surface area contributed by atoms with Crippen LogP contribution in [-0.4, -0.2) is 0 Å². The molecule has 1 saturated carbocycles. The Balaban J connectivity index is 2.32. The molecule has 2 rings (SSSR count). The minimum absolute atomic E-state index is 0.211. The van der Waals surface area contributed by atoms with Gasteiger partial charge in [-0.15, -0.1) is 0 Å². The Morgan fingerprint density at radius 3 is 2.47 bits per heavy atom. The minimum atomic E-state index is -0.511. The smallest absolute Gasteiger partial charge is 0.130 e. The van der Waals surface area contributed by atoms with Crippen molar-refractivity contribution in [1.82, 2.24) is 5.43 Å². The Hall–Kier alpha value is -1.00. The molecule has 0 spiro atoms. The van der Waals surface area contributed by atoms with E-state index in [1.165, 1.54) is 0 Å². The number of benzene rings is 1. The first-order chi connectivity index (χ1) is 8.13. The molecule has 0 radical (unpaired) electrons. The van der Waals surface area contributed by atoms with Gasteiger partial charge in [-0.1, -0.05) is 12.8 Å². The highest BCUT2D eigenvalue weighted by Gasteiger charge is 2.27. The number of nitrogens with one attached hydrogen (secondary N) is 1. The van der Waals surface area contributed by atoms with Gasteiger partial charge < -0.3 is 0 Å². The van der Waals surface area contributed by atoms with Gasteiger partial charge in [-0.2, -0.15) is 0 Å². The molecule has 1 aromatic carbocycles. The normalized spacial score (nSPS) is 18.6. The maximum absolute atomic E-state index is 13.8. The van der Waals surface area contributed by atoms with Crippen molar-refractivity contribution >= 4 is 0 Å². The lowest BCUT2D eigenvalue weighted by Gasteiger charge is -2.23. The fraction of sp³-hybridized carbons (Fsp3) is 0.538. The van der Waals surface area contributed by atoms with Gasteiger partial charge in [0.05, 0.1) is 6.04 Å². The van der Waals surface area contributed by atoms with E-state index in [1.54, 1.807) is 13.0 Å². The van der Waals surface area contributed by atoms with Crippen LogP contribution in [0.5, 0.6) is 0 Å². The lowest BCUT2D eigenvalue weighted by Crippen LogP contribution is -2.33. The number of rotatable bonds is 3. The Kier molecular flexibility index (Phi) is 3.74. The van der Waals surface area contributed by atoms with Gasteiger partial charge in [-0.25, -0.2) is 8.78 Å². The lowest BCUT2D eigenvalue weighted by atomic mass is 9.91. The van der Waals surface area contributed by atoms with Crippen molar-refractivity contribution in [3.8, 4) is 0 Å². The molecule has 2 nitrogen and oxygen atoms in total. The van der Waals surface area contributed by atoms with Crippen LogP contribution in [0.3, 0.4) is 0 Å². The van der Waals surface area contributed by atoms with E-state index >= 15 is 0 Å². The molecule has 17 heavy (non-hydrogen) atoms. The van der Waals surface area contributed by atoms with Gasteiger partial charge in [0.25, 0.3) is 0 Å². The lowest BCUT2D eigenvalue weighted by molar-refractivity contribution is 0.361. The molecule has 1 unspecified atom stereocenters. The number of halogens is 2. The van der Waals surface area contributed by atoms with E-state index in [0.717, 1.165) is 31.7 Å². The highest BCUT2D eigenvalue weighted by molar-refractivity contribution is 5.28. The van der Waals surface area contributed by atoms with Gasteiger partial charge in [-0.05, 0) is 37.3 Å². The summed E-state index contributed by atoms with van der Waals surface area (Å²) in [4.78, 5) is 0. The molecule has 0 aromatic heterocycles. The van der Waals surface area contributed by atoms with E-state index in [4.69, 9.17) is 5.84 Å². The van der Waals surface area contributed by atoms with Crippen LogP contribution in [0.15, 0.2) is 12.1 Å². The van der Waals surface area contributed by atoms with Crippen molar-refractivity contribution in [2.24, 2.45) is 11.8 Å². The fourth-order valence-corrected chi connectivity index (χ4v) is 2.69. The summed E-state index contributed by atoms with van der Waals surface area (Å²) in [6, 6.07) is 2.30. The molecule has 1 aromatic rings. The van der Waals surface area contributed by atoms with E-state index in [1.807, 2.05) is 0 Å². The van der Waals surface area contributed by atoms with Crippen LogP contribution in [0, 0.1) is 24.5 Å². The largest absolute Gasteiger partial charge is 0.271 e. The molecule has 1 fully saturated rings. The minimum Gasteiger partial charge on any atom is -0.271 e. The molecule has 1 aliphatic carbocycles. The Bertz CT molecular complexity index is 401. The summed E-state index contributed by atoms with van der Waals surface area (Å²) in [6.45, 7) is 1.64. The summed E-state index contributed by atoms with van der Waals surface area (Å²) >= 11 is 0. The molecule has 0 heterocycles. The van der Waals surface area contributed by atoms with Crippen molar-refractivity contribution in [3.63, 3.8) is 0 Å². The summed E-state index contributed by atoms with van der Waals surface area (Å²) in [6.07, 6.45) is 4.41. The predicted molar refractivity (Wildman–Crippen MR) is 63.1 cm³/mol. The summed E-state index contributed by atoms with van der Waals surface area (Å²) in [5, 5.41) is 0. The number of aryl methyl sites for hydroxylation is 1. The van der Waals surface area contributed by atoms with Gasteiger partial charge in [0, 0.05) is 11.6 Å². The first-order valence-electron chi connectivity index (χ1n) is 6.05. The molecule has 94 valence electrons. The molecule has 3 N–H and O–H groups in total. The topological polar surface area (TPSA) is 38.0 Å². The van der Waals surface area contributed by atoms with Crippen LogP contribution in [0.25, 0.3) is 0 Å². The van der Waals surface area contributed by atoms with Gasteiger partial charge in [-0.3, -0.25) is 11.3 Å². The number of hydrogen-bond donors (Lipinski definition) is 2. The van der Waals surface area contributed by atoms with Crippen LogP contribution in [0.1, 0.15) is 42.9 Å².